The molecule has 3 N–H and O–H groups in total. The van der Waals surface area contributed by atoms with E-state index in [0.717, 1.165) is 25.9 Å². The normalized spacial score (nSPS) is 17.2. The molecule has 1 saturated heterocycles. The minimum Gasteiger partial charge on any atom is -0.481 e. The first-order valence-electron chi connectivity index (χ1n) is 7.42. The number of ether oxygens (including phenoxy) is 2. The van der Waals surface area contributed by atoms with E-state index in [0.29, 0.717) is 32.6 Å². The van der Waals surface area contributed by atoms with E-state index in [9.17, 15) is 14.7 Å². The van der Waals surface area contributed by atoms with Crippen molar-refractivity contribution in [1.82, 2.24) is 10.6 Å². The number of methoxy groups -OCH3 is 1. The van der Waals surface area contributed by atoms with E-state index in [1.54, 1.807) is 7.11 Å². The molecule has 1 fully saturated rings. The molecule has 0 spiro atoms. The number of unbranched alkanes of at least 4 members (excludes halogenated alkanes) is 2. The highest BCUT2D eigenvalue weighted by atomic mass is 16.5. The lowest BCUT2D eigenvalue weighted by molar-refractivity contribution is -0.154. The fraction of sp³-hybridized carbons (Fsp3) is 0.857. The summed E-state index contributed by atoms with van der Waals surface area (Å²) in [5.41, 5.74) is -0.895. The lowest BCUT2D eigenvalue weighted by atomic mass is 9.80. The maximum absolute atomic E-state index is 11.7. The van der Waals surface area contributed by atoms with Gasteiger partial charge in [0.25, 0.3) is 0 Å². The van der Waals surface area contributed by atoms with Crippen molar-refractivity contribution in [3.8, 4) is 0 Å². The summed E-state index contributed by atoms with van der Waals surface area (Å²) in [6, 6.07) is -0.311. The van der Waals surface area contributed by atoms with Gasteiger partial charge in [-0.15, -0.1) is 0 Å². The van der Waals surface area contributed by atoms with Crippen molar-refractivity contribution in [2.24, 2.45) is 5.41 Å². The second-order valence-corrected chi connectivity index (χ2v) is 5.36. The molecule has 0 aromatic rings. The number of amides is 2. The number of hydrogen-bond donors (Lipinski definition) is 3. The molecule has 0 aliphatic carbocycles. The average molecular weight is 302 g/mol. The van der Waals surface area contributed by atoms with Gasteiger partial charge in [0.2, 0.25) is 0 Å². The molecule has 1 rings (SSSR count). The van der Waals surface area contributed by atoms with Gasteiger partial charge < -0.3 is 25.2 Å². The summed E-state index contributed by atoms with van der Waals surface area (Å²) in [6.07, 6.45) is 3.71. The van der Waals surface area contributed by atoms with Gasteiger partial charge in [-0.05, 0) is 32.1 Å². The summed E-state index contributed by atoms with van der Waals surface area (Å²) in [6.45, 7) is 2.31. The Morgan fingerprint density at radius 1 is 1.19 bits per heavy atom. The summed E-state index contributed by atoms with van der Waals surface area (Å²) >= 11 is 0. The van der Waals surface area contributed by atoms with Crippen molar-refractivity contribution in [2.45, 2.75) is 32.1 Å². The number of nitrogens with one attached hydrogen (secondary N) is 2. The zero-order valence-electron chi connectivity index (χ0n) is 12.7. The molecule has 0 unspecified atom stereocenters. The van der Waals surface area contributed by atoms with Crippen LogP contribution in [0.2, 0.25) is 0 Å². The lowest BCUT2D eigenvalue weighted by Gasteiger charge is -2.33. The van der Waals surface area contributed by atoms with Gasteiger partial charge >= 0.3 is 12.0 Å². The van der Waals surface area contributed by atoms with E-state index in [4.69, 9.17) is 9.47 Å². The lowest BCUT2D eigenvalue weighted by Crippen LogP contribution is -2.48. The van der Waals surface area contributed by atoms with Crippen LogP contribution in [-0.2, 0) is 14.3 Å². The van der Waals surface area contributed by atoms with Crippen LogP contribution in [0, 0.1) is 5.41 Å². The predicted molar refractivity (Wildman–Crippen MR) is 77.3 cm³/mol. The van der Waals surface area contributed by atoms with Gasteiger partial charge in [-0.2, -0.15) is 0 Å². The van der Waals surface area contributed by atoms with Crippen LogP contribution in [0.1, 0.15) is 32.1 Å². The SMILES string of the molecule is COCCCCCNC(=O)NCC1(C(=O)O)CCOCC1. The van der Waals surface area contributed by atoms with Crippen LogP contribution in [-0.4, -0.2) is 57.1 Å². The van der Waals surface area contributed by atoms with Crippen molar-refractivity contribution in [3.63, 3.8) is 0 Å². The molecule has 1 aliphatic heterocycles. The molecule has 1 aliphatic rings. The van der Waals surface area contributed by atoms with Crippen LogP contribution >= 0.6 is 0 Å². The number of carbonyl (C=O) groups is 2. The molecule has 0 radical (unpaired) electrons. The molecule has 0 atom stereocenters. The van der Waals surface area contributed by atoms with Gasteiger partial charge in [0.1, 0.15) is 0 Å². The van der Waals surface area contributed by atoms with Crippen molar-refractivity contribution >= 4 is 12.0 Å². The van der Waals surface area contributed by atoms with Crippen LogP contribution < -0.4 is 10.6 Å². The van der Waals surface area contributed by atoms with Crippen molar-refractivity contribution in [3.05, 3.63) is 0 Å². The Balaban J connectivity index is 2.20. The minimum absolute atomic E-state index is 0.140. The third kappa shape index (κ3) is 6.31. The summed E-state index contributed by atoms with van der Waals surface area (Å²) in [5.74, 6) is -0.870. The Morgan fingerprint density at radius 2 is 1.90 bits per heavy atom. The van der Waals surface area contributed by atoms with Gasteiger partial charge in [0.05, 0.1) is 5.41 Å². The molecule has 0 aromatic heterocycles. The van der Waals surface area contributed by atoms with Crippen LogP contribution in [0.3, 0.4) is 0 Å². The monoisotopic (exact) mass is 302 g/mol. The number of aliphatic carboxylic acids is 1. The van der Waals surface area contributed by atoms with Crippen LogP contribution in [0.15, 0.2) is 0 Å². The maximum atomic E-state index is 11.7. The number of hydrogen-bond acceptors (Lipinski definition) is 4. The molecule has 0 aromatic carbocycles. The van der Waals surface area contributed by atoms with Crippen LogP contribution in [0.5, 0.6) is 0 Å². The van der Waals surface area contributed by atoms with E-state index >= 15 is 0 Å². The van der Waals surface area contributed by atoms with Crippen molar-refractivity contribution < 1.29 is 24.2 Å². The Kier molecular flexibility index (Phi) is 8.07. The van der Waals surface area contributed by atoms with Gasteiger partial charge in [-0.3, -0.25) is 4.79 Å². The number of rotatable bonds is 9. The molecule has 21 heavy (non-hydrogen) atoms. The predicted octanol–water partition coefficient (Wildman–Crippen LogP) is 0.984. The molecular formula is C14H26N2O5. The number of carbonyl (C=O) groups excluding carboxylic acids is 1. The minimum atomic E-state index is -0.895. The van der Waals surface area contributed by atoms with Gasteiger partial charge in [-0.25, -0.2) is 4.79 Å². The Morgan fingerprint density at radius 3 is 2.52 bits per heavy atom. The maximum Gasteiger partial charge on any atom is 0.314 e. The highest BCUT2D eigenvalue weighted by Crippen LogP contribution is 2.29. The molecule has 2 amide bonds. The highest BCUT2D eigenvalue weighted by molar-refractivity contribution is 5.78. The Labute approximate surface area is 125 Å². The second kappa shape index (κ2) is 9.57. The van der Waals surface area contributed by atoms with Crippen molar-refractivity contribution in [2.75, 3.05) is 40.0 Å². The van der Waals surface area contributed by atoms with E-state index in [1.807, 2.05) is 0 Å². The topological polar surface area (TPSA) is 96.9 Å². The fourth-order valence-electron chi connectivity index (χ4n) is 2.29. The highest BCUT2D eigenvalue weighted by Gasteiger charge is 2.40. The third-order valence-corrected chi connectivity index (χ3v) is 3.80. The first-order valence-corrected chi connectivity index (χ1v) is 7.42. The third-order valence-electron chi connectivity index (χ3n) is 3.80. The Hall–Kier alpha value is -1.34. The van der Waals surface area contributed by atoms with Gasteiger partial charge in [0.15, 0.2) is 0 Å². The number of urea groups is 1. The van der Waals surface area contributed by atoms with E-state index in [2.05, 4.69) is 10.6 Å². The first-order chi connectivity index (χ1) is 10.1. The summed E-state index contributed by atoms with van der Waals surface area (Å²) in [7, 11) is 1.67. The molecular weight excluding hydrogens is 276 g/mol. The average Bonchev–Trinajstić information content (AvgIpc) is 2.49. The largest absolute Gasteiger partial charge is 0.481 e. The van der Waals surface area contributed by atoms with Gasteiger partial charge in [-0.1, -0.05) is 0 Å². The fourth-order valence-corrected chi connectivity index (χ4v) is 2.29. The van der Waals surface area contributed by atoms with Crippen LogP contribution in [0.4, 0.5) is 4.79 Å². The molecule has 122 valence electrons. The van der Waals surface area contributed by atoms with E-state index in [1.165, 1.54) is 0 Å². The molecule has 7 nitrogen and oxygen atoms in total. The summed E-state index contributed by atoms with van der Waals surface area (Å²) < 4.78 is 10.1. The van der Waals surface area contributed by atoms with E-state index in [-0.39, 0.29) is 12.6 Å². The smallest absolute Gasteiger partial charge is 0.314 e. The molecule has 0 saturated carbocycles. The van der Waals surface area contributed by atoms with E-state index < -0.39 is 11.4 Å². The number of carboxylic acids is 1. The molecule has 0 bridgehead atoms. The quantitative estimate of drug-likeness (QED) is 0.552. The summed E-state index contributed by atoms with van der Waals surface area (Å²) in [4.78, 5) is 23.1. The molecule has 1 heterocycles. The number of carboxylic acid groups (broad SMARTS) is 1. The molecule has 7 heteroatoms. The zero-order valence-corrected chi connectivity index (χ0v) is 12.7. The van der Waals surface area contributed by atoms with Gasteiger partial charge in [0, 0.05) is 40.0 Å². The standard InChI is InChI=1S/C14H26N2O5/c1-20-8-4-2-3-7-15-13(19)16-11-14(12(17)18)5-9-21-10-6-14/h2-11H2,1H3,(H,17,18)(H2,15,16,19). The first kappa shape index (κ1) is 17.7. The summed E-state index contributed by atoms with van der Waals surface area (Å²) in [5, 5.41) is 14.8. The van der Waals surface area contributed by atoms with Crippen LogP contribution in [0.25, 0.3) is 0 Å². The Bertz CT molecular complexity index is 329. The van der Waals surface area contributed by atoms with Crippen molar-refractivity contribution in [1.29, 1.82) is 0 Å². The zero-order chi connectivity index (χ0) is 15.6. The second-order valence-electron chi connectivity index (χ2n) is 5.36.